The molecule has 0 bridgehead atoms. The first-order valence-electron chi connectivity index (χ1n) is 10.6. The van der Waals surface area contributed by atoms with Gasteiger partial charge in [-0.25, -0.2) is 0 Å². The molecule has 2 aromatic carbocycles. The van der Waals surface area contributed by atoms with Crippen LogP contribution in [0.1, 0.15) is 12.0 Å². The van der Waals surface area contributed by atoms with Crippen LogP contribution in [0, 0.1) is 5.92 Å². The highest BCUT2D eigenvalue weighted by Gasteiger charge is 2.36. The zero-order valence-electron chi connectivity index (χ0n) is 18.2. The van der Waals surface area contributed by atoms with Crippen molar-refractivity contribution < 1.29 is 19.1 Å². The normalized spacial score (nSPS) is 15.4. The van der Waals surface area contributed by atoms with Gasteiger partial charge < -0.3 is 20.3 Å². The summed E-state index contributed by atoms with van der Waals surface area (Å²) in [6.07, 6.45) is 3.48. The van der Waals surface area contributed by atoms with E-state index in [2.05, 4.69) is 15.7 Å². The van der Waals surface area contributed by atoms with Crippen molar-refractivity contribution in [3.05, 3.63) is 72.6 Å². The van der Waals surface area contributed by atoms with Gasteiger partial charge in [-0.05, 0) is 35.9 Å². The average molecular weight is 447 g/mol. The molecule has 4 rings (SSSR count). The molecule has 1 fully saturated rings. The van der Waals surface area contributed by atoms with E-state index < -0.39 is 5.92 Å². The number of methoxy groups -OCH3 is 1. The number of hydrogen-bond donors (Lipinski definition) is 2. The van der Waals surface area contributed by atoms with Gasteiger partial charge in [0.2, 0.25) is 17.7 Å². The summed E-state index contributed by atoms with van der Waals surface area (Å²) in [5, 5.41) is 9.75. The number of para-hydroxylation sites is 2. The summed E-state index contributed by atoms with van der Waals surface area (Å²) >= 11 is 0. The highest BCUT2D eigenvalue weighted by molar-refractivity contribution is 6.01. The number of hydrogen-bond acceptors (Lipinski definition) is 5. The second kappa shape index (κ2) is 9.99. The molecule has 2 heterocycles. The minimum absolute atomic E-state index is 0.110. The van der Waals surface area contributed by atoms with E-state index in [1.54, 1.807) is 42.6 Å². The van der Waals surface area contributed by atoms with Crippen molar-refractivity contribution in [2.45, 2.75) is 19.5 Å². The van der Waals surface area contributed by atoms with Crippen molar-refractivity contribution >= 4 is 29.1 Å². The first kappa shape index (κ1) is 22.1. The van der Waals surface area contributed by atoms with Crippen molar-refractivity contribution in [3.8, 4) is 5.75 Å². The van der Waals surface area contributed by atoms with Crippen LogP contribution in [0.25, 0.3) is 0 Å². The number of amides is 3. The van der Waals surface area contributed by atoms with Gasteiger partial charge >= 0.3 is 0 Å². The number of carbonyl (C=O) groups is 3. The average Bonchev–Trinajstić information content (AvgIpc) is 3.47. The van der Waals surface area contributed by atoms with E-state index in [-0.39, 0.29) is 30.7 Å². The minimum atomic E-state index is -0.445. The Morgan fingerprint density at radius 1 is 1.15 bits per heavy atom. The smallest absolute Gasteiger partial charge is 0.246 e. The lowest BCUT2D eigenvalue weighted by Crippen LogP contribution is -2.32. The molecule has 0 radical (unpaired) electrons. The SMILES string of the molecule is COc1ccccc1N1CC(C(=O)NCc2cccc(NC(=O)Cn3cccn3)c2)CC1=O. The van der Waals surface area contributed by atoms with Crippen LogP contribution in [0.2, 0.25) is 0 Å². The Morgan fingerprint density at radius 2 is 2.00 bits per heavy atom. The molecule has 1 aliphatic rings. The number of rotatable bonds is 8. The highest BCUT2D eigenvalue weighted by Crippen LogP contribution is 2.32. The Labute approximate surface area is 191 Å². The van der Waals surface area contributed by atoms with Crippen LogP contribution < -0.4 is 20.3 Å². The quantitative estimate of drug-likeness (QED) is 0.551. The molecule has 1 saturated heterocycles. The Kier molecular flexibility index (Phi) is 6.68. The maximum Gasteiger partial charge on any atom is 0.246 e. The number of ether oxygens (including phenoxy) is 1. The number of aromatic nitrogens is 2. The lowest BCUT2D eigenvalue weighted by molar-refractivity contribution is -0.126. The summed E-state index contributed by atoms with van der Waals surface area (Å²) in [5.74, 6) is -0.339. The Morgan fingerprint density at radius 3 is 2.79 bits per heavy atom. The maximum absolute atomic E-state index is 12.7. The van der Waals surface area contributed by atoms with Gasteiger partial charge in [0.15, 0.2) is 0 Å². The van der Waals surface area contributed by atoms with E-state index in [0.717, 1.165) is 5.56 Å². The van der Waals surface area contributed by atoms with Gasteiger partial charge in [0.1, 0.15) is 12.3 Å². The number of anilines is 2. The Balaban J connectivity index is 1.32. The molecule has 0 aliphatic carbocycles. The Bertz CT molecular complexity index is 1150. The summed E-state index contributed by atoms with van der Waals surface area (Å²) in [4.78, 5) is 39.0. The fraction of sp³-hybridized carbons (Fsp3) is 0.250. The molecular weight excluding hydrogens is 422 g/mol. The largest absolute Gasteiger partial charge is 0.495 e. The van der Waals surface area contributed by atoms with Crippen molar-refractivity contribution in [1.29, 1.82) is 0 Å². The lowest BCUT2D eigenvalue weighted by atomic mass is 10.1. The second-order valence-corrected chi connectivity index (χ2v) is 7.75. The van der Waals surface area contributed by atoms with Crippen molar-refractivity contribution in [2.75, 3.05) is 23.9 Å². The van der Waals surface area contributed by atoms with Crippen molar-refractivity contribution in [3.63, 3.8) is 0 Å². The molecule has 0 spiro atoms. The molecular formula is C24H25N5O4. The van der Waals surface area contributed by atoms with Gasteiger partial charge in [0.25, 0.3) is 0 Å². The summed E-state index contributed by atoms with van der Waals surface area (Å²) in [7, 11) is 1.55. The van der Waals surface area contributed by atoms with E-state index in [1.165, 1.54) is 4.68 Å². The van der Waals surface area contributed by atoms with Gasteiger partial charge in [-0.1, -0.05) is 24.3 Å². The molecule has 3 aromatic rings. The number of nitrogens with zero attached hydrogens (tertiary/aromatic N) is 3. The Hall–Kier alpha value is -4.14. The van der Waals surface area contributed by atoms with E-state index in [0.29, 0.717) is 30.2 Å². The maximum atomic E-state index is 12.7. The van der Waals surface area contributed by atoms with Crippen LogP contribution in [0.4, 0.5) is 11.4 Å². The lowest BCUT2D eigenvalue weighted by Gasteiger charge is -2.19. The topological polar surface area (TPSA) is 106 Å². The molecule has 170 valence electrons. The molecule has 33 heavy (non-hydrogen) atoms. The summed E-state index contributed by atoms with van der Waals surface area (Å²) in [5.41, 5.74) is 2.14. The van der Waals surface area contributed by atoms with Crippen molar-refractivity contribution in [1.82, 2.24) is 15.1 Å². The fourth-order valence-corrected chi connectivity index (χ4v) is 3.80. The third-order valence-electron chi connectivity index (χ3n) is 5.41. The molecule has 1 atom stereocenters. The van der Waals surface area contributed by atoms with Gasteiger partial charge in [-0.2, -0.15) is 5.10 Å². The fourth-order valence-electron chi connectivity index (χ4n) is 3.80. The van der Waals surface area contributed by atoms with E-state index in [4.69, 9.17) is 4.74 Å². The first-order valence-corrected chi connectivity index (χ1v) is 10.6. The minimum Gasteiger partial charge on any atom is -0.495 e. The van der Waals surface area contributed by atoms with Crippen LogP contribution >= 0.6 is 0 Å². The number of carbonyl (C=O) groups excluding carboxylic acids is 3. The van der Waals surface area contributed by atoms with Crippen LogP contribution in [-0.2, 0) is 27.5 Å². The predicted molar refractivity (Wildman–Crippen MR) is 123 cm³/mol. The molecule has 1 aliphatic heterocycles. The molecule has 1 aromatic heterocycles. The zero-order chi connectivity index (χ0) is 23.2. The third kappa shape index (κ3) is 5.38. The van der Waals surface area contributed by atoms with Crippen LogP contribution in [-0.4, -0.2) is 41.2 Å². The summed E-state index contributed by atoms with van der Waals surface area (Å²) in [6.45, 7) is 0.710. The molecule has 9 nitrogen and oxygen atoms in total. The number of nitrogens with one attached hydrogen (secondary N) is 2. The van der Waals surface area contributed by atoms with Crippen LogP contribution in [0.15, 0.2) is 67.0 Å². The van der Waals surface area contributed by atoms with E-state index >= 15 is 0 Å². The standard InChI is InChI=1S/C24H25N5O4/c1-33-21-9-3-2-8-20(21)29-15-18(13-23(29)31)24(32)25-14-17-6-4-7-19(12-17)27-22(30)16-28-11-5-10-26-28/h2-12,18H,13-16H2,1H3,(H,25,32)(H,27,30). The van der Waals surface area contributed by atoms with Gasteiger partial charge in [0, 0.05) is 37.6 Å². The van der Waals surface area contributed by atoms with Crippen molar-refractivity contribution in [2.24, 2.45) is 5.92 Å². The van der Waals surface area contributed by atoms with Gasteiger partial charge in [-0.3, -0.25) is 19.1 Å². The second-order valence-electron chi connectivity index (χ2n) is 7.75. The van der Waals surface area contributed by atoms with E-state index in [9.17, 15) is 14.4 Å². The first-order chi connectivity index (χ1) is 16.0. The zero-order valence-corrected chi connectivity index (χ0v) is 18.2. The molecule has 9 heteroatoms. The molecule has 3 amide bonds. The molecule has 2 N–H and O–H groups in total. The molecule has 0 saturated carbocycles. The van der Waals surface area contributed by atoms with Gasteiger partial charge in [-0.15, -0.1) is 0 Å². The monoisotopic (exact) mass is 447 g/mol. The third-order valence-corrected chi connectivity index (χ3v) is 5.41. The predicted octanol–water partition coefficient (Wildman–Crippen LogP) is 2.20. The summed E-state index contributed by atoms with van der Waals surface area (Å²) < 4.78 is 6.88. The van der Waals surface area contributed by atoms with Gasteiger partial charge in [0.05, 0.1) is 18.7 Å². The van der Waals surface area contributed by atoms with Crippen LogP contribution in [0.3, 0.4) is 0 Å². The highest BCUT2D eigenvalue weighted by atomic mass is 16.5. The van der Waals surface area contributed by atoms with Crippen LogP contribution in [0.5, 0.6) is 5.75 Å². The summed E-state index contributed by atoms with van der Waals surface area (Å²) in [6, 6.07) is 16.3. The van der Waals surface area contributed by atoms with E-state index in [1.807, 2.05) is 36.4 Å². The molecule has 1 unspecified atom stereocenters. The number of benzene rings is 2.